The van der Waals surface area contributed by atoms with Crippen molar-refractivity contribution in [2.45, 2.75) is 44.9 Å². The lowest BCUT2D eigenvalue weighted by Gasteiger charge is -2.39. The maximum absolute atomic E-state index is 12.1. The molecule has 138 valence electrons. The molecule has 1 unspecified atom stereocenters. The van der Waals surface area contributed by atoms with Crippen LogP contribution in [0.5, 0.6) is 0 Å². The molecule has 1 saturated heterocycles. The fraction of sp³-hybridized carbons (Fsp3) is 0.933. The van der Waals surface area contributed by atoms with Gasteiger partial charge >= 0.3 is 0 Å². The second-order valence-electron chi connectivity index (χ2n) is 6.71. The van der Waals surface area contributed by atoms with E-state index in [1.54, 1.807) is 20.9 Å². The first-order valence-corrected chi connectivity index (χ1v) is 9.68. The molecule has 0 aromatic heterocycles. The van der Waals surface area contributed by atoms with E-state index < -0.39 is 14.6 Å². The van der Waals surface area contributed by atoms with Crippen LogP contribution in [0.25, 0.3) is 0 Å². The molecule has 8 heteroatoms. The summed E-state index contributed by atoms with van der Waals surface area (Å²) < 4.78 is 23.4. The summed E-state index contributed by atoms with van der Waals surface area (Å²) in [7, 11) is 0.850. The van der Waals surface area contributed by atoms with Gasteiger partial charge in [0.1, 0.15) is 0 Å². The third-order valence-corrected chi connectivity index (χ3v) is 7.18. The molecule has 1 N–H and O–H groups in total. The molecule has 1 rings (SSSR count). The predicted molar refractivity (Wildman–Crippen MR) is 109 cm³/mol. The van der Waals surface area contributed by atoms with Gasteiger partial charge in [0.25, 0.3) is 0 Å². The molecule has 1 heterocycles. The first-order chi connectivity index (χ1) is 10.1. The van der Waals surface area contributed by atoms with Crippen molar-refractivity contribution in [3.63, 3.8) is 0 Å². The maximum Gasteiger partial charge on any atom is 0.193 e. The predicted octanol–water partition coefficient (Wildman–Crippen LogP) is 1.42. The molecule has 0 spiro atoms. The van der Waals surface area contributed by atoms with Crippen molar-refractivity contribution in [3.8, 4) is 0 Å². The highest BCUT2D eigenvalue weighted by atomic mass is 127. The molecular weight excluding hydrogens is 427 g/mol. The van der Waals surface area contributed by atoms with E-state index >= 15 is 0 Å². The van der Waals surface area contributed by atoms with Crippen LogP contribution in [0, 0.1) is 0 Å². The van der Waals surface area contributed by atoms with Crippen molar-refractivity contribution in [1.82, 2.24) is 15.1 Å². The molecule has 0 saturated carbocycles. The Morgan fingerprint density at radius 2 is 2.04 bits per heavy atom. The Bertz CT molecular complexity index is 494. The SMILES string of the molecule is CCC(C)N(C)CCNC(=NC)N1CCS(=O)(=O)C(C)(C)C1.I. The van der Waals surface area contributed by atoms with Gasteiger partial charge in [0.15, 0.2) is 15.8 Å². The molecule has 0 bridgehead atoms. The third-order valence-electron chi connectivity index (χ3n) is 4.65. The van der Waals surface area contributed by atoms with Gasteiger partial charge in [0, 0.05) is 39.3 Å². The van der Waals surface area contributed by atoms with Crippen LogP contribution in [0.3, 0.4) is 0 Å². The summed E-state index contributed by atoms with van der Waals surface area (Å²) in [6, 6.07) is 0.558. The number of nitrogens with one attached hydrogen (secondary N) is 1. The van der Waals surface area contributed by atoms with Crippen molar-refractivity contribution in [2.75, 3.05) is 46.0 Å². The van der Waals surface area contributed by atoms with E-state index in [0.29, 0.717) is 19.1 Å². The van der Waals surface area contributed by atoms with Crippen LogP contribution in [0.4, 0.5) is 0 Å². The molecule has 6 nitrogen and oxygen atoms in total. The van der Waals surface area contributed by atoms with E-state index in [9.17, 15) is 8.42 Å². The van der Waals surface area contributed by atoms with Gasteiger partial charge in [-0.05, 0) is 34.2 Å². The van der Waals surface area contributed by atoms with E-state index in [1.165, 1.54) is 0 Å². The summed E-state index contributed by atoms with van der Waals surface area (Å²) in [4.78, 5) is 8.66. The zero-order valence-corrected chi connectivity index (χ0v) is 18.4. The van der Waals surface area contributed by atoms with E-state index in [1.807, 2.05) is 4.90 Å². The van der Waals surface area contributed by atoms with Crippen LogP contribution < -0.4 is 5.32 Å². The van der Waals surface area contributed by atoms with Crippen molar-refractivity contribution in [3.05, 3.63) is 0 Å². The number of aliphatic imine (C=N–C) groups is 1. The molecule has 0 aliphatic carbocycles. The third kappa shape index (κ3) is 6.04. The van der Waals surface area contributed by atoms with Gasteiger partial charge in [0.2, 0.25) is 0 Å². The minimum Gasteiger partial charge on any atom is -0.355 e. The molecule has 1 aliphatic rings. The van der Waals surface area contributed by atoms with Crippen LogP contribution >= 0.6 is 24.0 Å². The van der Waals surface area contributed by atoms with Crippen molar-refractivity contribution in [2.24, 2.45) is 4.99 Å². The maximum atomic E-state index is 12.1. The van der Waals surface area contributed by atoms with Gasteiger partial charge in [-0.2, -0.15) is 0 Å². The highest BCUT2D eigenvalue weighted by Crippen LogP contribution is 2.23. The summed E-state index contributed by atoms with van der Waals surface area (Å²) in [6.45, 7) is 10.7. The van der Waals surface area contributed by atoms with Gasteiger partial charge in [-0.3, -0.25) is 4.99 Å². The Balaban J connectivity index is 0.00000484. The van der Waals surface area contributed by atoms with Crippen LogP contribution in [-0.2, 0) is 9.84 Å². The molecule has 0 aromatic carbocycles. The molecule has 1 fully saturated rings. The van der Waals surface area contributed by atoms with Crippen molar-refractivity contribution < 1.29 is 8.42 Å². The normalized spacial score (nSPS) is 21.7. The van der Waals surface area contributed by atoms with E-state index in [4.69, 9.17) is 0 Å². The van der Waals surface area contributed by atoms with Crippen molar-refractivity contribution >= 4 is 39.8 Å². The Kier molecular flexibility index (Phi) is 9.37. The summed E-state index contributed by atoms with van der Waals surface area (Å²) in [5.74, 6) is 0.980. The Morgan fingerprint density at radius 1 is 1.43 bits per heavy atom. The zero-order valence-electron chi connectivity index (χ0n) is 15.3. The average molecular weight is 460 g/mol. The van der Waals surface area contributed by atoms with E-state index in [0.717, 1.165) is 25.5 Å². The molecule has 0 aromatic rings. The van der Waals surface area contributed by atoms with Gasteiger partial charge in [-0.1, -0.05) is 6.92 Å². The number of sulfone groups is 1. The van der Waals surface area contributed by atoms with Crippen molar-refractivity contribution in [1.29, 1.82) is 0 Å². The summed E-state index contributed by atoms with van der Waals surface area (Å²) in [5.41, 5.74) is 0. The number of rotatable bonds is 5. The summed E-state index contributed by atoms with van der Waals surface area (Å²) >= 11 is 0. The Labute approximate surface area is 159 Å². The second kappa shape index (κ2) is 9.41. The Morgan fingerprint density at radius 3 is 2.52 bits per heavy atom. The van der Waals surface area contributed by atoms with Crippen LogP contribution in [0.2, 0.25) is 0 Å². The average Bonchev–Trinajstić information content (AvgIpc) is 2.45. The molecule has 0 radical (unpaired) electrons. The zero-order chi connectivity index (χ0) is 17.0. The molecule has 0 amide bonds. The minimum atomic E-state index is -3.02. The molecule has 1 aliphatic heterocycles. The lowest BCUT2D eigenvalue weighted by Crippen LogP contribution is -2.57. The number of likely N-dealkylation sites (N-methyl/N-ethyl adjacent to an activating group) is 1. The lowest BCUT2D eigenvalue weighted by atomic mass is 10.2. The topological polar surface area (TPSA) is 65.0 Å². The first kappa shape index (κ1) is 22.9. The quantitative estimate of drug-likeness (QED) is 0.382. The fourth-order valence-corrected chi connectivity index (χ4v) is 3.90. The molecular formula is C15H33IN4O2S. The van der Waals surface area contributed by atoms with Gasteiger partial charge < -0.3 is 15.1 Å². The minimum absolute atomic E-state index is 0. The van der Waals surface area contributed by atoms with Gasteiger partial charge in [-0.25, -0.2) is 8.42 Å². The van der Waals surface area contributed by atoms with Gasteiger partial charge in [0.05, 0.1) is 10.5 Å². The number of guanidine groups is 1. The first-order valence-electron chi connectivity index (χ1n) is 8.02. The van der Waals surface area contributed by atoms with Crippen LogP contribution in [-0.4, -0.2) is 81.0 Å². The molecule has 1 atom stereocenters. The standard InChI is InChI=1S/C15H32N4O2S.HI/c1-7-13(2)18(6)9-8-17-14(16-5)19-10-11-22(20,21)15(3,4)12-19;/h13H,7-12H2,1-6H3,(H,16,17);1H. The van der Waals surface area contributed by atoms with Gasteiger partial charge in [-0.15, -0.1) is 24.0 Å². The fourth-order valence-electron chi connectivity index (χ4n) is 2.53. The van der Waals surface area contributed by atoms with Crippen LogP contribution in [0.1, 0.15) is 34.1 Å². The number of halogens is 1. The van der Waals surface area contributed by atoms with E-state index in [-0.39, 0.29) is 29.7 Å². The Hall–Kier alpha value is -0.0900. The second-order valence-corrected chi connectivity index (χ2v) is 9.45. The number of nitrogens with zero attached hydrogens (tertiary/aromatic N) is 3. The largest absolute Gasteiger partial charge is 0.355 e. The highest BCUT2D eigenvalue weighted by molar-refractivity contribution is 14.0. The number of hydrogen-bond donors (Lipinski definition) is 1. The monoisotopic (exact) mass is 460 g/mol. The summed E-state index contributed by atoms with van der Waals surface area (Å²) in [6.07, 6.45) is 1.13. The van der Waals surface area contributed by atoms with E-state index in [2.05, 4.69) is 36.1 Å². The number of hydrogen-bond acceptors (Lipinski definition) is 4. The summed E-state index contributed by atoms with van der Waals surface area (Å²) in [5, 5.41) is 3.35. The highest BCUT2D eigenvalue weighted by Gasteiger charge is 2.40. The smallest absolute Gasteiger partial charge is 0.193 e. The lowest BCUT2D eigenvalue weighted by molar-refractivity contribution is 0.254. The molecule has 23 heavy (non-hydrogen) atoms. The van der Waals surface area contributed by atoms with Crippen LogP contribution in [0.15, 0.2) is 4.99 Å².